The summed E-state index contributed by atoms with van der Waals surface area (Å²) in [6.45, 7) is 12.1. The Bertz CT molecular complexity index is 223. The first-order valence-corrected chi connectivity index (χ1v) is 7.60. The molecule has 1 aliphatic carbocycles. The first-order valence-electron chi connectivity index (χ1n) is 7.60. The maximum absolute atomic E-state index is 3.61. The molecule has 17 heavy (non-hydrogen) atoms. The van der Waals surface area contributed by atoms with Crippen molar-refractivity contribution in [3.05, 3.63) is 0 Å². The lowest BCUT2D eigenvalue weighted by atomic mass is 10.1. The fraction of sp³-hybridized carbons (Fsp3) is 1.00. The van der Waals surface area contributed by atoms with E-state index in [0.29, 0.717) is 0 Å². The van der Waals surface area contributed by atoms with Gasteiger partial charge in [-0.2, -0.15) is 0 Å². The van der Waals surface area contributed by atoms with Crippen LogP contribution in [-0.4, -0.2) is 37.1 Å². The Labute approximate surface area is 107 Å². The van der Waals surface area contributed by atoms with Crippen molar-refractivity contribution in [3.8, 4) is 0 Å². The van der Waals surface area contributed by atoms with Crippen molar-refractivity contribution in [3.63, 3.8) is 0 Å². The van der Waals surface area contributed by atoms with Crippen LogP contribution in [0.15, 0.2) is 0 Å². The van der Waals surface area contributed by atoms with Gasteiger partial charge in [0.25, 0.3) is 0 Å². The SMILES string of the molecule is CC(C)CNCC1CCN(C(C)CC2CC2)C1. The molecule has 1 saturated heterocycles. The minimum atomic E-state index is 0.779. The van der Waals surface area contributed by atoms with Crippen molar-refractivity contribution in [2.24, 2.45) is 17.8 Å². The average molecular weight is 238 g/mol. The number of hydrogen-bond donors (Lipinski definition) is 1. The van der Waals surface area contributed by atoms with E-state index in [1.165, 1.54) is 51.9 Å². The predicted molar refractivity (Wildman–Crippen MR) is 74.2 cm³/mol. The zero-order chi connectivity index (χ0) is 12.3. The summed E-state index contributed by atoms with van der Waals surface area (Å²) in [5, 5.41) is 3.61. The summed E-state index contributed by atoms with van der Waals surface area (Å²) < 4.78 is 0. The van der Waals surface area contributed by atoms with Gasteiger partial charge < -0.3 is 10.2 Å². The van der Waals surface area contributed by atoms with Gasteiger partial charge in [0.05, 0.1) is 0 Å². The van der Waals surface area contributed by atoms with Crippen LogP contribution in [0.5, 0.6) is 0 Å². The van der Waals surface area contributed by atoms with Crippen LogP contribution in [0.1, 0.15) is 46.5 Å². The number of hydrogen-bond acceptors (Lipinski definition) is 2. The van der Waals surface area contributed by atoms with Gasteiger partial charge in [0.15, 0.2) is 0 Å². The lowest BCUT2D eigenvalue weighted by Crippen LogP contribution is -2.33. The molecule has 1 aliphatic heterocycles. The summed E-state index contributed by atoms with van der Waals surface area (Å²) in [6, 6.07) is 0.831. The van der Waals surface area contributed by atoms with Crippen LogP contribution < -0.4 is 5.32 Å². The van der Waals surface area contributed by atoms with Gasteiger partial charge in [-0.1, -0.05) is 26.7 Å². The van der Waals surface area contributed by atoms with Gasteiger partial charge in [0, 0.05) is 12.6 Å². The molecule has 0 aromatic heterocycles. The predicted octanol–water partition coefficient (Wildman–Crippen LogP) is 2.74. The van der Waals surface area contributed by atoms with Gasteiger partial charge in [-0.3, -0.25) is 0 Å². The molecule has 2 nitrogen and oxygen atoms in total. The number of nitrogens with zero attached hydrogens (tertiary/aromatic N) is 1. The molecule has 1 N–H and O–H groups in total. The first-order chi connectivity index (χ1) is 8.15. The zero-order valence-electron chi connectivity index (χ0n) is 11.9. The lowest BCUT2D eigenvalue weighted by Gasteiger charge is -2.24. The maximum atomic E-state index is 3.61. The van der Waals surface area contributed by atoms with Gasteiger partial charge in [0.1, 0.15) is 0 Å². The molecule has 2 fully saturated rings. The Hall–Kier alpha value is -0.0800. The minimum Gasteiger partial charge on any atom is -0.316 e. The smallest absolute Gasteiger partial charge is 0.00696 e. The summed E-state index contributed by atoms with van der Waals surface area (Å²) in [7, 11) is 0. The van der Waals surface area contributed by atoms with Crippen LogP contribution in [0, 0.1) is 17.8 Å². The Morgan fingerprint density at radius 1 is 1.12 bits per heavy atom. The molecule has 0 bridgehead atoms. The summed E-state index contributed by atoms with van der Waals surface area (Å²) in [6.07, 6.45) is 5.85. The molecule has 1 saturated carbocycles. The molecular weight excluding hydrogens is 208 g/mol. The Kier molecular flexibility index (Phi) is 4.87. The molecule has 2 rings (SSSR count). The fourth-order valence-electron chi connectivity index (χ4n) is 2.99. The van der Waals surface area contributed by atoms with Crippen LogP contribution in [0.2, 0.25) is 0 Å². The Morgan fingerprint density at radius 2 is 1.88 bits per heavy atom. The quantitative estimate of drug-likeness (QED) is 0.733. The third-order valence-corrected chi connectivity index (χ3v) is 4.30. The number of likely N-dealkylation sites (tertiary alicyclic amines) is 1. The summed E-state index contributed by atoms with van der Waals surface area (Å²) in [5.74, 6) is 2.75. The highest BCUT2D eigenvalue weighted by Gasteiger charge is 2.30. The topological polar surface area (TPSA) is 15.3 Å². The van der Waals surface area contributed by atoms with Gasteiger partial charge in [-0.25, -0.2) is 0 Å². The third kappa shape index (κ3) is 4.59. The zero-order valence-corrected chi connectivity index (χ0v) is 11.9. The third-order valence-electron chi connectivity index (χ3n) is 4.30. The second kappa shape index (κ2) is 6.19. The summed E-state index contributed by atoms with van der Waals surface area (Å²) in [4.78, 5) is 2.72. The number of nitrogens with one attached hydrogen (secondary N) is 1. The minimum absolute atomic E-state index is 0.779. The molecule has 100 valence electrons. The summed E-state index contributed by atoms with van der Waals surface area (Å²) >= 11 is 0. The highest BCUT2D eigenvalue weighted by Crippen LogP contribution is 2.35. The van der Waals surface area contributed by atoms with Crippen LogP contribution in [0.3, 0.4) is 0 Å². The van der Waals surface area contributed by atoms with Crippen molar-refractivity contribution in [1.82, 2.24) is 10.2 Å². The van der Waals surface area contributed by atoms with Crippen molar-refractivity contribution < 1.29 is 0 Å². The van der Waals surface area contributed by atoms with Crippen LogP contribution in [0.4, 0.5) is 0 Å². The molecule has 1 heterocycles. The van der Waals surface area contributed by atoms with E-state index in [1.807, 2.05) is 0 Å². The van der Waals surface area contributed by atoms with Crippen molar-refractivity contribution in [2.45, 2.75) is 52.5 Å². The summed E-state index contributed by atoms with van der Waals surface area (Å²) in [5.41, 5.74) is 0. The van der Waals surface area contributed by atoms with Gasteiger partial charge in [0.2, 0.25) is 0 Å². The molecule has 0 radical (unpaired) electrons. The van der Waals surface area contributed by atoms with E-state index >= 15 is 0 Å². The molecule has 0 amide bonds. The molecule has 2 atom stereocenters. The normalized spacial score (nSPS) is 27.9. The van der Waals surface area contributed by atoms with Crippen LogP contribution >= 0.6 is 0 Å². The molecule has 0 aromatic rings. The van der Waals surface area contributed by atoms with Crippen molar-refractivity contribution in [1.29, 1.82) is 0 Å². The fourth-order valence-corrected chi connectivity index (χ4v) is 2.99. The first kappa shape index (κ1) is 13.4. The van der Waals surface area contributed by atoms with E-state index in [1.54, 1.807) is 0 Å². The van der Waals surface area contributed by atoms with E-state index in [0.717, 1.165) is 23.8 Å². The van der Waals surface area contributed by atoms with E-state index in [9.17, 15) is 0 Å². The standard InChI is InChI=1S/C15H30N2/c1-12(2)9-16-10-15-6-7-17(11-15)13(3)8-14-4-5-14/h12-16H,4-11H2,1-3H3. The average Bonchev–Trinajstić information content (AvgIpc) is 2.94. The highest BCUT2D eigenvalue weighted by atomic mass is 15.2. The lowest BCUT2D eigenvalue weighted by molar-refractivity contribution is 0.230. The second-order valence-corrected chi connectivity index (χ2v) is 6.73. The van der Waals surface area contributed by atoms with Crippen molar-refractivity contribution in [2.75, 3.05) is 26.2 Å². The van der Waals surface area contributed by atoms with Crippen LogP contribution in [0.25, 0.3) is 0 Å². The maximum Gasteiger partial charge on any atom is 0.00696 e. The molecule has 2 aliphatic rings. The highest BCUT2D eigenvalue weighted by molar-refractivity contribution is 4.84. The van der Waals surface area contributed by atoms with E-state index in [-0.39, 0.29) is 0 Å². The van der Waals surface area contributed by atoms with E-state index in [2.05, 4.69) is 31.0 Å². The molecule has 2 heteroatoms. The molecular formula is C15H30N2. The molecule has 0 spiro atoms. The van der Waals surface area contributed by atoms with E-state index < -0.39 is 0 Å². The van der Waals surface area contributed by atoms with Crippen molar-refractivity contribution >= 4 is 0 Å². The van der Waals surface area contributed by atoms with Gasteiger partial charge >= 0.3 is 0 Å². The van der Waals surface area contributed by atoms with Crippen LogP contribution in [-0.2, 0) is 0 Å². The van der Waals surface area contributed by atoms with E-state index in [4.69, 9.17) is 0 Å². The van der Waals surface area contributed by atoms with Gasteiger partial charge in [-0.05, 0) is 57.2 Å². The largest absolute Gasteiger partial charge is 0.316 e. The number of rotatable bonds is 7. The monoisotopic (exact) mass is 238 g/mol. The Balaban J connectivity index is 1.60. The molecule has 0 aromatic carbocycles. The second-order valence-electron chi connectivity index (χ2n) is 6.73. The van der Waals surface area contributed by atoms with Gasteiger partial charge in [-0.15, -0.1) is 0 Å². The molecule has 2 unspecified atom stereocenters. The Morgan fingerprint density at radius 3 is 2.53 bits per heavy atom.